The van der Waals surface area contributed by atoms with Crippen molar-refractivity contribution < 1.29 is 14.0 Å². The van der Waals surface area contributed by atoms with E-state index in [0.717, 1.165) is 12.0 Å². The van der Waals surface area contributed by atoms with Crippen molar-refractivity contribution in [2.45, 2.75) is 25.7 Å². The summed E-state index contributed by atoms with van der Waals surface area (Å²) in [6.07, 6.45) is 1.78. The van der Waals surface area contributed by atoms with Gasteiger partial charge in [0, 0.05) is 30.0 Å². The van der Waals surface area contributed by atoms with Crippen molar-refractivity contribution in [1.82, 2.24) is 5.32 Å². The second kappa shape index (κ2) is 9.18. The van der Waals surface area contributed by atoms with Crippen LogP contribution in [0, 0.1) is 5.82 Å². The molecular formula is C19H19ClFNO2. The van der Waals surface area contributed by atoms with Crippen LogP contribution in [0.15, 0.2) is 48.5 Å². The summed E-state index contributed by atoms with van der Waals surface area (Å²) >= 11 is 5.82. The highest BCUT2D eigenvalue weighted by Gasteiger charge is 2.08. The van der Waals surface area contributed by atoms with E-state index in [2.05, 4.69) is 5.32 Å². The van der Waals surface area contributed by atoms with Gasteiger partial charge in [-0.15, -0.1) is 0 Å². The van der Waals surface area contributed by atoms with Crippen LogP contribution in [-0.2, 0) is 11.2 Å². The summed E-state index contributed by atoms with van der Waals surface area (Å²) in [6.45, 7) is 0.548. The molecule has 3 nitrogen and oxygen atoms in total. The van der Waals surface area contributed by atoms with Gasteiger partial charge in [0.05, 0.1) is 0 Å². The first-order valence-electron chi connectivity index (χ1n) is 7.84. The third kappa shape index (κ3) is 6.13. The molecule has 0 fully saturated rings. The predicted octanol–water partition coefficient (Wildman–Crippen LogP) is 4.19. The number of amides is 1. The van der Waals surface area contributed by atoms with Crippen LogP contribution in [0.25, 0.3) is 0 Å². The average molecular weight is 348 g/mol. The van der Waals surface area contributed by atoms with Crippen molar-refractivity contribution in [3.8, 4) is 0 Å². The average Bonchev–Trinajstić information content (AvgIpc) is 2.57. The monoisotopic (exact) mass is 347 g/mol. The van der Waals surface area contributed by atoms with Gasteiger partial charge in [-0.3, -0.25) is 9.59 Å². The van der Waals surface area contributed by atoms with Crippen molar-refractivity contribution >= 4 is 23.3 Å². The first-order chi connectivity index (χ1) is 11.5. The van der Waals surface area contributed by atoms with Gasteiger partial charge in [0.15, 0.2) is 5.78 Å². The van der Waals surface area contributed by atoms with Gasteiger partial charge in [-0.25, -0.2) is 4.39 Å². The van der Waals surface area contributed by atoms with Crippen molar-refractivity contribution in [3.63, 3.8) is 0 Å². The Balaban J connectivity index is 1.63. The molecule has 2 aromatic carbocycles. The van der Waals surface area contributed by atoms with Crippen LogP contribution in [0.3, 0.4) is 0 Å². The maximum Gasteiger partial charge on any atom is 0.220 e. The van der Waals surface area contributed by atoms with Crippen molar-refractivity contribution in [2.75, 3.05) is 6.54 Å². The largest absolute Gasteiger partial charge is 0.356 e. The number of carbonyl (C=O) groups excluding carboxylic acids is 2. The molecule has 0 heterocycles. The highest BCUT2D eigenvalue weighted by atomic mass is 35.5. The quantitative estimate of drug-likeness (QED) is 0.728. The summed E-state index contributed by atoms with van der Waals surface area (Å²) in [5.74, 6) is -0.522. The number of benzene rings is 2. The highest BCUT2D eigenvalue weighted by Crippen LogP contribution is 2.10. The molecule has 24 heavy (non-hydrogen) atoms. The Hall–Kier alpha value is -2.20. The number of carbonyl (C=O) groups is 2. The summed E-state index contributed by atoms with van der Waals surface area (Å²) in [5, 5.41) is 3.52. The summed E-state index contributed by atoms with van der Waals surface area (Å²) in [5.41, 5.74) is 1.57. The van der Waals surface area contributed by atoms with E-state index < -0.39 is 0 Å². The van der Waals surface area contributed by atoms with E-state index in [1.807, 2.05) is 24.3 Å². The van der Waals surface area contributed by atoms with E-state index >= 15 is 0 Å². The zero-order chi connectivity index (χ0) is 17.4. The van der Waals surface area contributed by atoms with Gasteiger partial charge in [0.2, 0.25) is 5.91 Å². The Morgan fingerprint density at radius 1 is 0.958 bits per heavy atom. The molecule has 0 spiro atoms. The number of hydrogen-bond acceptors (Lipinski definition) is 2. The molecule has 0 unspecified atom stereocenters. The van der Waals surface area contributed by atoms with E-state index in [0.29, 0.717) is 30.0 Å². The normalized spacial score (nSPS) is 10.4. The number of nitrogens with one attached hydrogen (secondary N) is 1. The molecule has 0 atom stereocenters. The molecule has 0 aliphatic heterocycles. The van der Waals surface area contributed by atoms with Gasteiger partial charge < -0.3 is 5.32 Å². The number of halogens is 2. The van der Waals surface area contributed by atoms with Crippen LogP contribution in [0.5, 0.6) is 0 Å². The molecule has 0 aliphatic carbocycles. The second-order valence-corrected chi connectivity index (χ2v) is 5.95. The molecule has 0 aromatic heterocycles. The first kappa shape index (κ1) is 18.1. The third-order valence-electron chi connectivity index (χ3n) is 3.62. The zero-order valence-electron chi connectivity index (χ0n) is 13.2. The molecule has 0 aliphatic rings. The lowest BCUT2D eigenvalue weighted by Gasteiger charge is -2.06. The molecule has 0 radical (unpaired) electrons. The molecule has 5 heteroatoms. The highest BCUT2D eigenvalue weighted by molar-refractivity contribution is 6.30. The molecule has 2 rings (SSSR count). The Bertz CT molecular complexity index is 684. The Morgan fingerprint density at radius 3 is 2.29 bits per heavy atom. The predicted molar refractivity (Wildman–Crippen MR) is 92.7 cm³/mol. The minimum atomic E-state index is -0.369. The minimum Gasteiger partial charge on any atom is -0.356 e. The summed E-state index contributed by atoms with van der Waals surface area (Å²) in [6, 6.07) is 12.9. The Morgan fingerprint density at radius 2 is 1.62 bits per heavy atom. The summed E-state index contributed by atoms with van der Waals surface area (Å²) in [7, 11) is 0. The molecule has 0 bridgehead atoms. The first-order valence-corrected chi connectivity index (χ1v) is 8.22. The molecular weight excluding hydrogens is 329 g/mol. The molecule has 1 amide bonds. The van der Waals surface area contributed by atoms with Gasteiger partial charge in [0.1, 0.15) is 5.82 Å². The molecule has 1 N–H and O–H groups in total. The summed E-state index contributed by atoms with van der Waals surface area (Å²) in [4.78, 5) is 23.7. The van der Waals surface area contributed by atoms with Gasteiger partial charge in [-0.05, 0) is 54.8 Å². The van der Waals surface area contributed by atoms with Gasteiger partial charge in [-0.2, -0.15) is 0 Å². The standard InChI is InChI=1S/C19H19ClFNO2/c20-16-8-4-14(5-9-16)12-13-22-19(24)3-1-2-18(23)15-6-10-17(21)11-7-15/h4-11H,1-3,12-13H2,(H,22,24). The molecule has 0 saturated heterocycles. The summed E-state index contributed by atoms with van der Waals surface area (Å²) < 4.78 is 12.8. The topological polar surface area (TPSA) is 46.2 Å². The second-order valence-electron chi connectivity index (χ2n) is 5.51. The number of hydrogen-bond donors (Lipinski definition) is 1. The number of rotatable bonds is 8. The Labute approximate surface area is 145 Å². The van der Waals surface area contributed by atoms with Gasteiger partial charge >= 0.3 is 0 Å². The fraction of sp³-hybridized carbons (Fsp3) is 0.263. The molecule has 0 saturated carbocycles. The van der Waals surface area contributed by atoms with Crippen LogP contribution in [0.1, 0.15) is 35.2 Å². The fourth-order valence-electron chi connectivity index (χ4n) is 2.28. The zero-order valence-corrected chi connectivity index (χ0v) is 14.0. The van der Waals surface area contributed by atoms with Crippen LogP contribution >= 0.6 is 11.6 Å². The minimum absolute atomic E-state index is 0.0733. The maximum atomic E-state index is 12.8. The van der Waals surface area contributed by atoms with Crippen molar-refractivity contribution in [1.29, 1.82) is 0 Å². The lowest BCUT2D eigenvalue weighted by atomic mass is 10.1. The van der Waals surface area contributed by atoms with Crippen molar-refractivity contribution in [2.24, 2.45) is 0 Å². The number of ketones is 1. The van der Waals surface area contributed by atoms with Crippen molar-refractivity contribution in [3.05, 3.63) is 70.5 Å². The lowest BCUT2D eigenvalue weighted by Crippen LogP contribution is -2.25. The smallest absolute Gasteiger partial charge is 0.220 e. The number of Topliss-reactive ketones (excluding diaryl/α,β-unsaturated/α-hetero) is 1. The van der Waals surface area contributed by atoms with Gasteiger partial charge in [0.25, 0.3) is 0 Å². The van der Waals surface area contributed by atoms with E-state index in [1.54, 1.807) is 0 Å². The third-order valence-corrected chi connectivity index (χ3v) is 3.87. The van der Waals surface area contributed by atoms with E-state index in [4.69, 9.17) is 11.6 Å². The maximum absolute atomic E-state index is 12.8. The molecule has 126 valence electrons. The van der Waals surface area contributed by atoms with Crippen LogP contribution < -0.4 is 5.32 Å². The lowest BCUT2D eigenvalue weighted by molar-refractivity contribution is -0.121. The Kier molecular flexibility index (Phi) is 6.94. The van der Waals surface area contributed by atoms with Crippen LogP contribution in [0.2, 0.25) is 5.02 Å². The SMILES string of the molecule is O=C(CCCC(=O)c1ccc(F)cc1)NCCc1ccc(Cl)cc1. The van der Waals surface area contributed by atoms with Crippen LogP contribution in [0.4, 0.5) is 4.39 Å². The fourth-order valence-corrected chi connectivity index (χ4v) is 2.40. The molecule has 2 aromatic rings. The van der Waals surface area contributed by atoms with E-state index in [1.165, 1.54) is 24.3 Å². The van der Waals surface area contributed by atoms with E-state index in [9.17, 15) is 14.0 Å². The van der Waals surface area contributed by atoms with Crippen LogP contribution in [-0.4, -0.2) is 18.2 Å². The van der Waals surface area contributed by atoms with Gasteiger partial charge in [-0.1, -0.05) is 23.7 Å². The van der Waals surface area contributed by atoms with E-state index in [-0.39, 0.29) is 23.9 Å².